The molecular formula is C20H22N2O3S. The minimum Gasteiger partial charge on any atom is -0.494 e. The third-order valence-electron chi connectivity index (χ3n) is 4.13. The Balaban J connectivity index is 1.72. The van der Waals surface area contributed by atoms with E-state index in [1.165, 1.54) is 4.90 Å². The zero-order valence-corrected chi connectivity index (χ0v) is 15.7. The van der Waals surface area contributed by atoms with E-state index in [1.54, 1.807) is 36.0 Å². The van der Waals surface area contributed by atoms with Gasteiger partial charge in [0.05, 0.1) is 18.7 Å². The number of hydrogen-bond acceptors (Lipinski definition) is 5. The highest BCUT2D eigenvalue weighted by Crippen LogP contribution is 2.27. The predicted molar refractivity (Wildman–Crippen MR) is 105 cm³/mol. The molecule has 1 N–H and O–H groups in total. The van der Waals surface area contributed by atoms with Crippen LogP contribution in [0, 0.1) is 0 Å². The third kappa shape index (κ3) is 4.02. The molecule has 1 heterocycles. The van der Waals surface area contributed by atoms with Crippen molar-refractivity contribution >= 4 is 35.0 Å². The molecule has 3 rings (SSSR count). The molecule has 0 aromatic heterocycles. The zero-order chi connectivity index (χ0) is 18.5. The highest BCUT2D eigenvalue weighted by Gasteiger charge is 2.39. The van der Waals surface area contributed by atoms with Crippen LogP contribution in [0.25, 0.3) is 0 Å². The molecule has 2 amide bonds. The maximum absolute atomic E-state index is 12.7. The van der Waals surface area contributed by atoms with Gasteiger partial charge in [-0.2, -0.15) is 0 Å². The van der Waals surface area contributed by atoms with Crippen molar-refractivity contribution in [2.75, 3.05) is 23.1 Å². The molecule has 5 nitrogen and oxygen atoms in total. The molecule has 6 heteroatoms. The molecule has 1 aliphatic heterocycles. The topological polar surface area (TPSA) is 58.6 Å². The molecule has 1 atom stereocenters. The minimum atomic E-state index is -0.546. The van der Waals surface area contributed by atoms with Gasteiger partial charge >= 0.3 is 0 Å². The van der Waals surface area contributed by atoms with Gasteiger partial charge in [-0.1, -0.05) is 13.0 Å². The predicted octanol–water partition coefficient (Wildman–Crippen LogP) is 3.94. The number of carbonyl (C=O) groups is 2. The molecule has 1 aliphatic rings. The summed E-state index contributed by atoms with van der Waals surface area (Å²) < 4.78 is 5.55. The molecule has 0 spiro atoms. The number of benzene rings is 2. The average molecular weight is 370 g/mol. The first-order valence-corrected chi connectivity index (χ1v) is 9.85. The van der Waals surface area contributed by atoms with Crippen LogP contribution in [0.5, 0.6) is 5.75 Å². The molecule has 1 saturated heterocycles. The van der Waals surface area contributed by atoms with Crippen LogP contribution in [-0.4, -0.2) is 30.7 Å². The largest absolute Gasteiger partial charge is 0.494 e. The Labute approximate surface area is 157 Å². The minimum absolute atomic E-state index is 0.149. The molecule has 26 heavy (non-hydrogen) atoms. The van der Waals surface area contributed by atoms with Crippen LogP contribution in [-0.2, 0) is 9.59 Å². The third-order valence-corrected chi connectivity index (χ3v) is 4.85. The van der Waals surface area contributed by atoms with Gasteiger partial charge in [-0.3, -0.25) is 9.59 Å². The average Bonchev–Trinajstić information content (AvgIpc) is 2.94. The number of ether oxygens (including phenoxy) is 1. The Morgan fingerprint density at radius 2 is 1.96 bits per heavy atom. The first-order valence-electron chi connectivity index (χ1n) is 8.62. The van der Waals surface area contributed by atoms with E-state index in [0.717, 1.165) is 22.8 Å². The van der Waals surface area contributed by atoms with Gasteiger partial charge in [-0.25, -0.2) is 4.90 Å². The second-order valence-corrected chi connectivity index (χ2v) is 6.92. The number of amides is 2. The van der Waals surface area contributed by atoms with Crippen LogP contribution in [0.1, 0.15) is 19.8 Å². The van der Waals surface area contributed by atoms with E-state index < -0.39 is 6.04 Å². The highest BCUT2D eigenvalue weighted by molar-refractivity contribution is 7.98. The number of anilines is 2. The molecule has 0 unspecified atom stereocenters. The summed E-state index contributed by atoms with van der Waals surface area (Å²) in [6.07, 6.45) is 3.07. The van der Waals surface area contributed by atoms with Crippen molar-refractivity contribution in [2.24, 2.45) is 0 Å². The maximum Gasteiger partial charge on any atom is 0.256 e. The Bertz CT molecular complexity index is 792. The summed E-state index contributed by atoms with van der Waals surface area (Å²) in [5.74, 6) is 0.306. The second-order valence-electron chi connectivity index (χ2n) is 6.04. The Morgan fingerprint density at radius 1 is 1.19 bits per heavy atom. The lowest BCUT2D eigenvalue weighted by Gasteiger charge is -2.17. The van der Waals surface area contributed by atoms with Crippen LogP contribution >= 0.6 is 11.8 Å². The lowest BCUT2D eigenvalue weighted by molar-refractivity contribution is -0.121. The van der Waals surface area contributed by atoms with E-state index in [4.69, 9.17) is 4.74 Å². The summed E-state index contributed by atoms with van der Waals surface area (Å²) in [6, 6.07) is 14.3. The van der Waals surface area contributed by atoms with Crippen molar-refractivity contribution < 1.29 is 14.3 Å². The summed E-state index contributed by atoms with van der Waals surface area (Å²) in [4.78, 5) is 27.5. The monoisotopic (exact) mass is 370 g/mol. The lowest BCUT2D eigenvalue weighted by atomic mass is 10.2. The first-order chi connectivity index (χ1) is 12.6. The van der Waals surface area contributed by atoms with Crippen LogP contribution in [0.15, 0.2) is 53.4 Å². The fourth-order valence-corrected chi connectivity index (χ4v) is 3.30. The van der Waals surface area contributed by atoms with Crippen LogP contribution in [0.3, 0.4) is 0 Å². The SMILES string of the molecule is CCCOc1ccc(N2C(=O)C[C@H](Nc3cccc(SC)c3)C2=O)cc1. The number of rotatable bonds is 7. The molecule has 136 valence electrons. The van der Waals surface area contributed by atoms with Crippen LogP contribution in [0.4, 0.5) is 11.4 Å². The standard InChI is InChI=1S/C20H22N2O3S/c1-3-11-25-16-9-7-15(8-10-16)22-19(23)13-18(20(22)24)21-14-5-4-6-17(12-14)26-2/h4-10,12,18,21H,3,11,13H2,1-2H3/t18-/m0/s1. The molecule has 2 aromatic rings. The number of nitrogens with one attached hydrogen (secondary N) is 1. The van der Waals surface area contributed by atoms with Crippen molar-refractivity contribution in [3.05, 3.63) is 48.5 Å². The Hall–Kier alpha value is -2.47. The van der Waals surface area contributed by atoms with Gasteiger partial charge in [-0.05, 0) is 55.1 Å². The molecule has 1 fully saturated rings. The van der Waals surface area contributed by atoms with E-state index in [1.807, 2.05) is 37.4 Å². The second kappa shape index (κ2) is 8.27. The smallest absolute Gasteiger partial charge is 0.256 e. The van der Waals surface area contributed by atoms with Gasteiger partial charge in [0.15, 0.2) is 0 Å². The fraction of sp³-hybridized carbons (Fsp3) is 0.300. The van der Waals surface area contributed by atoms with Crippen molar-refractivity contribution in [1.29, 1.82) is 0 Å². The van der Waals surface area contributed by atoms with Gasteiger partial charge in [-0.15, -0.1) is 11.8 Å². The van der Waals surface area contributed by atoms with Crippen LogP contribution < -0.4 is 15.0 Å². The lowest BCUT2D eigenvalue weighted by Crippen LogP contribution is -2.34. The Kier molecular flexibility index (Phi) is 5.83. The van der Waals surface area contributed by atoms with E-state index in [2.05, 4.69) is 5.32 Å². The van der Waals surface area contributed by atoms with E-state index in [-0.39, 0.29) is 18.2 Å². The zero-order valence-electron chi connectivity index (χ0n) is 14.9. The van der Waals surface area contributed by atoms with Crippen molar-refractivity contribution in [3.8, 4) is 5.75 Å². The van der Waals surface area contributed by atoms with Crippen molar-refractivity contribution in [3.63, 3.8) is 0 Å². The number of carbonyl (C=O) groups excluding carboxylic acids is 2. The van der Waals surface area contributed by atoms with Crippen molar-refractivity contribution in [1.82, 2.24) is 0 Å². The molecule has 0 bridgehead atoms. The van der Waals surface area contributed by atoms with Gasteiger partial charge in [0, 0.05) is 10.6 Å². The molecule has 0 aliphatic carbocycles. The summed E-state index contributed by atoms with van der Waals surface area (Å²) in [5.41, 5.74) is 1.42. The van der Waals surface area contributed by atoms with E-state index in [9.17, 15) is 9.59 Å². The first kappa shape index (κ1) is 18.3. The summed E-state index contributed by atoms with van der Waals surface area (Å²) >= 11 is 1.63. The molecular weight excluding hydrogens is 348 g/mol. The quantitative estimate of drug-likeness (QED) is 0.591. The molecule has 0 saturated carbocycles. The number of hydrogen-bond donors (Lipinski definition) is 1. The summed E-state index contributed by atoms with van der Waals surface area (Å²) in [7, 11) is 0. The van der Waals surface area contributed by atoms with Gasteiger partial charge in [0.2, 0.25) is 5.91 Å². The molecule has 0 radical (unpaired) electrons. The normalized spacial score (nSPS) is 16.8. The summed E-state index contributed by atoms with van der Waals surface area (Å²) in [6.45, 7) is 2.68. The molecule has 2 aromatic carbocycles. The van der Waals surface area contributed by atoms with Gasteiger partial charge in [0.25, 0.3) is 5.91 Å². The highest BCUT2D eigenvalue weighted by atomic mass is 32.2. The van der Waals surface area contributed by atoms with Crippen molar-refractivity contribution in [2.45, 2.75) is 30.7 Å². The van der Waals surface area contributed by atoms with E-state index in [0.29, 0.717) is 12.3 Å². The van der Waals surface area contributed by atoms with Gasteiger partial charge in [0.1, 0.15) is 11.8 Å². The number of nitrogens with zero attached hydrogens (tertiary/aromatic N) is 1. The number of imide groups is 1. The van der Waals surface area contributed by atoms with E-state index >= 15 is 0 Å². The fourth-order valence-electron chi connectivity index (χ4n) is 2.84. The van der Waals surface area contributed by atoms with Crippen LogP contribution in [0.2, 0.25) is 0 Å². The maximum atomic E-state index is 12.7. The Morgan fingerprint density at radius 3 is 2.65 bits per heavy atom. The number of thioether (sulfide) groups is 1. The summed E-state index contributed by atoms with van der Waals surface area (Å²) in [5, 5.41) is 3.18. The van der Waals surface area contributed by atoms with Gasteiger partial charge < -0.3 is 10.1 Å².